The molecule has 0 bridgehead atoms. The number of nitrogens with one attached hydrogen (secondary N) is 1. The first-order valence-corrected chi connectivity index (χ1v) is 12.1. The lowest BCUT2D eigenvalue weighted by molar-refractivity contribution is -0.128. The SMILES string of the molecule is CC(Cc1ccc(O)c(C(C)(C)C)c1)NC(=O)C(C(C)C)N(C)CC(N)Cc1ccc(F)cc1. The van der Waals surface area contributed by atoms with Gasteiger partial charge in [0.05, 0.1) is 6.04 Å². The Bertz CT molecular complexity index is 938. The maximum absolute atomic E-state index is 13.2. The minimum absolute atomic E-state index is 0.0196. The van der Waals surface area contributed by atoms with Crippen LogP contribution < -0.4 is 11.1 Å². The Morgan fingerprint density at radius 2 is 1.65 bits per heavy atom. The molecule has 3 atom stereocenters. The minimum Gasteiger partial charge on any atom is -0.508 e. The van der Waals surface area contributed by atoms with Crippen LogP contribution in [0.25, 0.3) is 0 Å². The Balaban J connectivity index is 2.00. The van der Waals surface area contributed by atoms with E-state index in [1.807, 2.05) is 44.9 Å². The lowest BCUT2D eigenvalue weighted by Gasteiger charge is -2.33. The Hall–Kier alpha value is -2.44. The van der Waals surface area contributed by atoms with E-state index in [1.165, 1.54) is 12.1 Å². The van der Waals surface area contributed by atoms with Crippen molar-refractivity contribution in [3.8, 4) is 5.75 Å². The van der Waals surface area contributed by atoms with Crippen LogP contribution in [0.2, 0.25) is 0 Å². The number of hydrogen-bond acceptors (Lipinski definition) is 4. The van der Waals surface area contributed by atoms with Crippen LogP contribution in [0.1, 0.15) is 58.2 Å². The third-order valence-corrected chi connectivity index (χ3v) is 6.11. The summed E-state index contributed by atoms with van der Waals surface area (Å²) in [5.41, 5.74) is 9.15. The second-order valence-corrected chi connectivity index (χ2v) is 10.9. The van der Waals surface area contributed by atoms with Gasteiger partial charge in [-0.1, -0.05) is 58.9 Å². The molecule has 0 saturated heterocycles. The molecule has 0 spiro atoms. The number of phenolic OH excluding ortho intramolecular Hbond substituents is 1. The molecule has 0 saturated carbocycles. The van der Waals surface area contributed by atoms with Crippen LogP contribution in [-0.4, -0.2) is 47.6 Å². The lowest BCUT2D eigenvalue weighted by atomic mass is 9.85. The molecule has 0 aliphatic rings. The monoisotopic (exact) mass is 471 g/mol. The van der Waals surface area contributed by atoms with Gasteiger partial charge in [0.15, 0.2) is 0 Å². The number of benzene rings is 2. The second kappa shape index (κ2) is 11.8. The molecular formula is C28H42FN3O2. The molecule has 0 fully saturated rings. The summed E-state index contributed by atoms with van der Waals surface area (Å²) in [4.78, 5) is 15.2. The van der Waals surface area contributed by atoms with Gasteiger partial charge in [0, 0.05) is 18.6 Å². The zero-order valence-corrected chi connectivity index (χ0v) is 21.7. The van der Waals surface area contributed by atoms with E-state index in [0.717, 1.165) is 16.7 Å². The number of amides is 1. The van der Waals surface area contributed by atoms with E-state index in [2.05, 4.69) is 26.1 Å². The third kappa shape index (κ3) is 8.10. The summed E-state index contributed by atoms with van der Waals surface area (Å²) < 4.78 is 13.2. The van der Waals surface area contributed by atoms with Crippen molar-refractivity contribution in [3.05, 3.63) is 65.0 Å². The molecule has 0 heterocycles. The van der Waals surface area contributed by atoms with Gasteiger partial charge in [-0.25, -0.2) is 4.39 Å². The van der Waals surface area contributed by atoms with Gasteiger partial charge in [-0.15, -0.1) is 0 Å². The fraction of sp³-hybridized carbons (Fsp3) is 0.536. The molecule has 6 heteroatoms. The summed E-state index contributed by atoms with van der Waals surface area (Å²) >= 11 is 0. The molecule has 0 aliphatic heterocycles. The first kappa shape index (κ1) is 27.8. The number of aromatic hydroxyl groups is 1. The van der Waals surface area contributed by atoms with Crippen molar-refractivity contribution < 1.29 is 14.3 Å². The molecule has 0 radical (unpaired) electrons. The highest BCUT2D eigenvalue weighted by molar-refractivity contribution is 5.82. The quantitative estimate of drug-likeness (QED) is 0.480. The Morgan fingerprint density at radius 1 is 1.06 bits per heavy atom. The van der Waals surface area contributed by atoms with Crippen molar-refractivity contribution in [1.29, 1.82) is 0 Å². The normalized spacial score (nSPS) is 14.8. The lowest BCUT2D eigenvalue weighted by Crippen LogP contribution is -2.53. The molecule has 0 aromatic heterocycles. The van der Waals surface area contributed by atoms with Crippen molar-refractivity contribution in [1.82, 2.24) is 10.2 Å². The Kier molecular flexibility index (Phi) is 9.65. The minimum atomic E-state index is -0.313. The molecule has 2 rings (SSSR count). The van der Waals surface area contributed by atoms with Crippen molar-refractivity contribution in [2.75, 3.05) is 13.6 Å². The van der Waals surface area contributed by atoms with Gasteiger partial charge in [-0.3, -0.25) is 9.69 Å². The van der Waals surface area contributed by atoms with Gasteiger partial charge < -0.3 is 16.2 Å². The summed E-state index contributed by atoms with van der Waals surface area (Å²) in [7, 11) is 1.93. The van der Waals surface area contributed by atoms with E-state index in [-0.39, 0.29) is 41.2 Å². The molecule has 0 aliphatic carbocycles. The van der Waals surface area contributed by atoms with Crippen LogP contribution in [0, 0.1) is 11.7 Å². The van der Waals surface area contributed by atoms with E-state index in [1.54, 1.807) is 18.2 Å². The summed E-state index contributed by atoms with van der Waals surface area (Å²) in [5, 5.41) is 13.4. The predicted octanol–water partition coefficient (Wildman–Crippen LogP) is 4.40. The van der Waals surface area contributed by atoms with Crippen molar-refractivity contribution in [3.63, 3.8) is 0 Å². The number of halogens is 1. The molecule has 2 aromatic rings. The summed E-state index contributed by atoms with van der Waals surface area (Å²) in [6.07, 6.45) is 1.29. The smallest absolute Gasteiger partial charge is 0.237 e. The van der Waals surface area contributed by atoms with Crippen LogP contribution in [0.3, 0.4) is 0 Å². The highest BCUT2D eigenvalue weighted by Gasteiger charge is 2.28. The van der Waals surface area contributed by atoms with Gasteiger partial charge in [0.2, 0.25) is 5.91 Å². The standard InChI is InChI=1S/C28H42FN3O2/c1-18(2)26(32(7)17-23(30)15-20-8-11-22(29)12-9-20)27(34)31-19(3)14-21-10-13-25(33)24(16-21)28(4,5)6/h8-13,16,18-19,23,26,33H,14-15,17,30H2,1-7H3,(H,31,34). The van der Waals surface area contributed by atoms with Crippen molar-refractivity contribution in [2.24, 2.45) is 11.7 Å². The van der Waals surface area contributed by atoms with Crippen LogP contribution in [0.15, 0.2) is 42.5 Å². The number of nitrogens with zero attached hydrogens (tertiary/aromatic N) is 1. The number of hydrogen-bond donors (Lipinski definition) is 3. The maximum Gasteiger partial charge on any atom is 0.237 e. The molecule has 188 valence electrons. The van der Waals surface area contributed by atoms with E-state index < -0.39 is 0 Å². The molecule has 34 heavy (non-hydrogen) atoms. The van der Waals surface area contributed by atoms with Crippen LogP contribution in [0.5, 0.6) is 5.75 Å². The first-order valence-electron chi connectivity index (χ1n) is 12.1. The van der Waals surface area contributed by atoms with Gasteiger partial charge in [-0.05, 0) is 73.0 Å². The molecule has 3 unspecified atom stereocenters. The number of carbonyl (C=O) groups is 1. The first-order chi connectivity index (χ1) is 15.8. The van der Waals surface area contributed by atoms with E-state index in [4.69, 9.17) is 5.73 Å². The summed E-state index contributed by atoms with van der Waals surface area (Å²) in [6.45, 7) is 12.8. The number of rotatable bonds is 10. The Morgan fingerprint density at radius 3 is 2.21 bits per heavy atom. The fourth-order valence-electron chi connectivity index (χ4n) is 4.53. The van der Waals surface area contributed by atoms with Gasteiger partial charge in [0.25, 0.3) is 0 Å². The Labute approximate surface area is 204 Å². The average Bonchev–Trinajstić information content (AvgIpc) is 2.69. The second-order valence-electron chi connectivity index (χ2n) is 10.9. The zero-order chi connectivity index (χ0) is 25.6. The topological polar surface area (TPSA) is 78.6 Å². The number of nitrogens with two attached hydrogens (primary N) is 1. The van der Waals surface area contributed by atoms with E-state index >= 15 is 0 Å². The highest BCUT2D eigenvalue weighted by Crippen LogP contribution is 2.31. The summed E-state index contributed by atoms with van der Waals surface area (Å²) in [6, 6.07) is 11.5. The number of carbonyl (C=O) groups excluding carboxylic acids is 1. The number of phenols is 1. The van der Waals surface area contributed by atoms with E-state index in [0.29, 0.717) is 25.1 Å². The predicted molar refractivity (Wildman–Crippen MR) is 137 cm³/mol. The fourth-order valence-corrected chi connectivity index (χ4v) is 4.53. The molecule has 4 N–H and O–H groups in total. The highest BCUT2D eigenvalue weighted by atomic mass is 19.1. The molecule has 1 amide bonds. The zero-order valence-electron chi connectivity index (χ0n) is 21.7. The summed E-state index contributed by atoms with van der Waals surface area (Å²) in [5.74, 6) is 0.124. The third-order valence-electron chi connectivity index (χ3n) is 6.11. The van der Waals surface area contributed by atoms with Gasteiger partial charge >= 0.3 is 0 Å². The van der Waals surface area contributed by atoms with Crippen LogP contribution in [0.4, 0.5) is 4.39 Å². The largest absolute Gasteiger partial charge is 0.508 e. The van der Waals surface area contributed by atoms with Gasteiger partial charge in [0.1, 0.15) is 11.6 Å². The van der Waals surface area contributed by atoms with Crippen LogP contribution >= 0.6 is 0 Å². The maximum atomic E-state index is 13.2. The van der Waals surface area contributed by atoms with Crippen LogP contribution in [-0.2, 0) is 23.1 Å². The van der Waals surface area contributed by atoms with E-state index in [9.17, 15) is 14.3 Å². The molecule has 5 nitrogen and oxygen atoms in total. The van der Waals surface area contributed by atoms with Gasteiger partial charge in [-0.2, -0.15) is 0 Å². The average molecular weight is 472 g/mol. The van der Waals surface area contributed by atoms with Crippen molar-refractivity contribution in [2.45, 2.75) is 77.9 Å². The molecule has 2 aromatic carbocycles. The number of likely N-dealkylation sites (N-methyl/N-ethyl adjacent to an activating group) is 1. The van der Waals surface area contributed by atoms with Crippen molar-refractivity contribution >= 4 is 5.91 Å². The molecular weight excluding hydrogens is 429 g/mol.